The molecule has 0 aromatic rings. The molecule has 19 heavy (non-hydrogen) atoms. The second-order valence-electron chi connectivity index (χ2n) is 5.59. The Labute approximate surface area is 117 Å². The van der Waals surface area contributed by atoms with E-state index in [4.69, 9.17) is 10.5 Å². The van der Waals surface area contributed by atoms with Gasteiger partial charge in [0.1, 0.15) is 5.54 Å². The average Bonchev–Trinajstić information content (AvgIpc) is 2.33. The Bertz CT molecular complexity index is 255. The molecule has 5 nitrogen and oxygen atoms in total. The minimum atomic E-state index is -0.867. The number of ether oxygens (including phenoxy) is 2. The maximum absolute atomic E-state index is 11.4. The van der Waals surface area contributed by atoms with Gasteiger partial charge in [0.15, 0.2) is 0 Å². The van der Waals surface area contributed by atoms with E-state index in [0.717, 1.165) is 32.5 Å². The predicted octanol–water partition coefficient (Wildman–Crippen LogP) is 1.40. The second-order valence-corrected chi connectivity index (χ2v) is 5.59. The maximum atomic E-state index is 11.4. The minimum absolute atomic E-state index is 0.284. The average molecular weight is 274 g/mol. The van der Waals surface area contributed by atoms with Gasteiger partial charge < -0.3 is 20.1 Å². The topological polar surface area (TPSA) is 64.8 Å². The van der Waals surface area contributed by atoms with Crippen LogP contribution in [-0.4, -0.2) is 56.4 Å². The van der Waals surface area contributed by atoms with Crippen molar-refractivity contribution in [3.8, 4) is 0 Å². The van der Waals surface area contributed by atoms with Crippen LogP contribution in [0.25, 0.3) is 0 Å². The van der Waals surface area contributed by atoms with Crippen LogP contribution in [0, 0.1) is 0 Å². The van der Waals surface area contributed by atoms with Gasteiger partial charge in [-0.15, -0.1) is 0 Å². The van der Waals surface area contributed by atoms with E-state index in [1.54, 1.807) is 6.92 Å². The van der Waals surface area contributed by atoms with Crippen molar-refractivity contribution in [2.75, 3.05) is 33.9 Å². The molecular weight excluding hydrogens is 244 g/mol. The number of esters is 1. The molecule has 0 aliphatic rings. The molecule has 1 atom stereocenters. The van der Waals surface area contributed by atoms with Crippen molar-refractivity contribution in [3.63, 3.8) is 0 Å². The van der Waals surface area contributed by atoms with E-state index in [1.807, 2.05) is 13.8 Å². The molecule has 1 unspecified atom stereocenters. The molecule has 0 rings (SSSR count). The van der Waals surface area contributed by atoms with Crippen molar-refractivity contribution in [3.05, 3.63) is 0 Å². The van der Waals surface area contributed by atoms with Crippen LogP contribution in [0.2, 0.25) is 0 Å². The summed E-state index contributed by atoms with van der Waals surface area (Å²) in [5.74, 6) is -0.341. The Morgan fingerprint density at radius 3 is 2.47 bits per heavy atom. The van der Waals surface area contributed by atoms with Crippen LogP contribution < -0.4 is 5.73 Å². The molecule has 0 fully saturated rings. The molecule has 0 spiro atoms. The van der Waals surface area contributed by atoms with Crippen LogP contribution in [0.1, 0.15) is 40.0 Å². The summed E-state index contributed by atoms with van der Waals surface area (Å²) in [5.41, 5.74) is 5.03. The molecule has 0 aliphatic carbocycles. The number of hydrogen-bond acceptors (Lipinski definition) is 5. The van der Waals surface area contributed by atoms with E-state index in [1.165, 1.54) is 7.11 Å². The highest BCUT2D eigenvalue weighted by molar-refractivity contribution is 5.79. The summed E-state index contributed by atoms with van der Waals surface area (Å²) in [7, 11) is 3.45. The van der Waals surface area contributed by atoms with E-state index >= 15 is 0 Å². The number of hydrogen-bond donors (Lipinski definition) is 1. The molecule has 5 heteroatoms. The number of unbranched alkanes of at least 4 members (excludes halogenated alkanes) is 1. The van der Waals surface area contributed by atoms with Crippen molar-refractivity contribution < 1.29 is 14.3 Å². The number of carbonyl (C=O) groups excluding carboxylic acids is 1. The number of likely N-dealkylation sites (N-methyl/N-ethyl adjacent to an activating group) is 1. The van der Waals surface area contributed by atoms with Gasteiger partial charge in [0.25, 0.3) is 0 Å². The highest BCUT2D eigenvalue weighted by Gasteiger charge is 2.28. The van der Waals surface area contributed by atoms with Crippen molar-refractivity contribution >= 4 is 5.97 Å². The minimum Gasteiger partial charge on any atom is -0.468 e. The van der Waals surface area contributed by atoms with Crippen molar-refractivity contribution in [2.45, 2.75) is 51.7 Å². The van der Waals surface area contributed by atoms with E-state index < -0.39 is 5.54 Å². The Morgan fingerprint density at radius 1 is 1.32 bits per heavy atom. The molecule has 0 saturated carbocycles. The Kier molecular flexibility index (Phi) is 8.97. The number of nitrogens with zero attached hydrogens (tertiary/aromatic N) is 1. The van der Waals surface area contributed by atoms with Gasteiger partial charge in [0.05, 0.1) is 19.8 Å². The summed E-state index contributed by atoms with van der Waals surface area (Å²) < 4.78 is 10.2. The zero-order valence-electron chi connectivity index (χ0n) is 13.1. The first-order valence-electron chi connectivity index (χ1n) is 6.97. The third kappa shape index (κ3) is 8.97. The second kappa shape index (κ2) is 9.28. The first kappa shape index (κ1) is 18.4. The van der Waals surface area contributed by atoms with Crippen LogP contribution in [0.15, 0.2) is 0 Å². The van der Waals surface area contributed by atoms with Crippen molar-refractivity contribution in [1.82, 2.24) is 4.90 Å². The number of carbonyl (C=O) groups is 1. The molecule has 0 saturated heterocycles. The van der Waals surface area contributed by atoms with Crippen LogP contribution in [0.3, 0.4) is 0 Å². The third-order valence-electron chi connectivity index (χ3n) is 3.06. The van der Waals surface area contributed by atoms with Gasteiger partial charge in [-0.05, 0) is 53.6 Å². The fraction of sp³-hybridized carbons (Fsp3) is 0.929. The molecule has 0 radical (unpaired) electrons. The lowest BCUT2D eigenvalue weighted by Gasteiger charge is -2.22. The Morgan fingerprint density at radius 2 is 1.95 bits per heavy atom. The summed E-state index contributed by atoms with van der Waals surface area (Å²) in [6, 6.07) is 0. The summed E-state index contributed by atoms with van der Waals surface area (Å²) in [5, 5.41) is 0. The van der Waals surface area contributed by atoms with Gasteiger partial charge in [-0.2, -0.15) is 0 Å². The first-order valence-corrected chi connectivity index (χ1v) is 6.97. The van der Waals surface area contributed by atoms with E-state index in [2.05, 4.69) is 16.7 Å². The Hall–Kier alpha value is -0.650. The van der Waals surface area contributed by atoms with Gasteiger partial charge in [0, 0.05) is 6.54 Å². The SMILES string of the molecule is COC(=O)C(C)(N)CCCCN(C)CCOC(C)C. The third-order valence-corrected chi connectivity index (χ3v) is 3.06. The summed E-state index contributed by atoms with van der Waals surface area (Å²) >= 11 is 0. The molecule has 114 valence electrons. The summed E-state index contributed by atoms with van der Waals surface area (Å²) in [6.45, 7) is 8.46. The molecule has 0 bridgehead atoms. The molecule has 0 heterocycles. The van der Waals surface area contributed by atoms with E-state index in [-0.39, 0.29) is 12.1 Å². The molecular formula is C14H30N2O3. The van der Waals surface area contributed by atoms with Crippen molar-refractivity contribution in [2.24, 2.45) is 5.73 Å². The first-order chi connectivity index (χ1) is 8.79. The van der Waals surface area contributed by atoms with E-state index in [9.17, 15) is 4.79 Å². The number of nitrogens with two attached hydrogens (primary N) is 1. The van der Waals surface area contributed by atoms with Crippen LogP contribution in [0.4, 0.5) is 0 Å². The smallest absolute Gasteiger partial charge is 0.325 e. The lowest BCUT2D eigenvalue weighted by molar-refractivity contribution is -0.146. The zero-order chi connectivity index (χ0) is 14.9. The Balaban J connectivity index is 3.65. The zero-order valence-corrected chi connectivity index (χ0v) is 13.1. The fourth-order valence-corrected chi connectivity index (χ4v) is 1.77. The summed E-state index contributed by atoms with van der Waals surface area (Å²) in [4.78, 5) is 13.6. The highest BCUT2D eigenvalue weighted by atomic mass is 16.5. The molecule has 0 amide bonds. The highest BCUT2D eigenvalue weighted by Crippen LogP contribution is 2.12. The van der Waals surface area contributed by atoms with Crippen molar-refractivity contribution in [1.29, 1.82) is 0 Å². The molecule has 0 aromatic carbocycles. The van der Waals surface area contributed by atoms with Gasteiger partial charge in [0.2, 0.25) is 0 Å². The number of rotatable bonds is 10. The number of methoxy groups -OCH3 is 1. The standard InChI is InChI=1S/C14H30N2O3/c1-12(2)19-11-10-16(4)9-7-6-8-14(3,15)13(17)18-5/h12H,6-11,15H2,1-5H3. The molecule has 0 aromatic heterocycles. The quantitative estimate of drug-likeness (QED) is 0.482. The van der Waals surface area contributed by atoms with Gasteiger partial charge in [-0.3, -0.25) is 4.79 Å². The largest absolute Gasteiger partial charge is 0.468 e. The van der Waals surface area contributed by atoms with Gasteiger partial charge >= 0.3 is 5.97 Å². The lowest BCUT2D eigenvalue weighted by Crippen LogP contribution is -2.45. The molecule has 2 N–H and O–H groups in total. The predicted molar refractivity (Wildman–Crippen MR) is 77.0 cm³/mol. The van der Waals surface area contributed by atoms with Gasteiger partial charge in [-0.1, -0.05) is 0 Å². The monoisotopic (exact) mass is 274 g/mol. The van der Waals surface area contributed by atoms with Crippen LogP contribution in [-0.2, 0) is 14.3 Å². The maximum Gasteiger partial charge on any atom is 0.325 e. The fourth-order valence-electron chi connectivity index (χ4n) is 1.77. The molecule has 0 aliphatic heterocycles. The lowest BCUT2D eigenvalue weighted by atomic mass is 9.96. The van der Waals surface area contributed by atoms with Crippen LogP contribution in [0.5, 0.6) is 0 Å². The van der Waals surface area contributed by atoms with Crippen LogP contribution >= 0.6 is 0 Å². The van der Waals surface area contributed by atoms with E-state index in [0.29, 0.717) is 6.42 Å². The normalized spacial score (nSPS) is 14.7. The van der Waals surface area contributed by atoms with Gasteiger partial charge in [-0.25, -0.2) is 0 Å². The summed E-state index contributed by atoms with van der Waals surface area (Å²) in [6.07, 6.45) is 2.86.